The maximum Gasteiger partial charge on any atom is 0.312 e. The summed E-state index contributed by atoms with van der Waals surface area (Å²) in [4.78, 5) is 58.0. The number of carbonyl (C=O) groups is 4. The van der Waals surface area contributed by atoms with Crippen molar-refractivity contribution in [2.24, 2.45) is 17.1 Å². The van der Waals surface area contributed by atoms with Gasteiger partial charge >= 0.3 is 6.03 Å². The Balaban J connectivity index is 2.02. The molecule has 0 unspecified atom stereocenters. The highest BCUT2D eigenvalue weighted by Crippen LogP contribution is 2.21. The molecule has 13 nitrogen and oxygen atoms in total. The van der Waals surface area contributed by atoms with E-state index < -0.39 is 39.3 Å². The molecule has 4 amide bonds. The molecule has 2 heterocycles. The van der Waals surface area contributed by atoms with Crippen LogP contribution < -0.4 is 21.7 Å². The molecule has 40 heavy (non-hydrogen) atoms. The van der Waals surface area contributed by atoms with Crippen LogP contribution in [0.3, 0.4) is 0 Å². The van der Waals surface area contributed by atoms with E-state index in [0.29, 0.717) is 36.8 Å². The van der Waals surface area contributed by atoms with Crippen molar-refractivity contribution in [2.45, 2.75) is 84.0 Å². The van der Waals surface area contributed by atoms with Gasteiger partial charge in [0.05, 0.1) is 11.4 Å². The second-order valence-electron chi connectivity index (χ2n) is 11.2. The molecule has 0 fully saturated rings. The van der Waals surface area contributed by atoms with Crippen LogP contribution >= 0.6 is 0 Å². The minimum Gasteiger partial charge on any atom is -0.352 e. The summed E-state index contributed by atoms with van der Waals surface area (Å²) in [6.45, 7) is 9.55. The van der Waals surface area contributed by atoms with E-state index in [-0.39, 0.29) is 35.6 Å². The molecule has 0 aliphatic heterocycles. The molecule has 2 aromatic heterocycles. The third-order valence-corrected chi connectivity index (χ3v) is 7.31. The number of nitrogens with one attached hydrogen (secondary N) is 3. The van der Waals surface area contributed by atoms with Gasteiger partial charge in [-0.3, -0.25) is 14.4 Å². The van der Waals surface area contributed by atoms with Crippen LogP contribution in [0.25, 0.3) is 11.0 Å². The molecule has 14 heteroatoms. The Hall–Kier alpha value is -3.55. The summed E-state index contributed by atoms with van der Waals surface area (Å²) in [7, 11) is -3.52. The number of rotatable bonds is 14. The molecule has 0 bridgehead atoms. The van der Waals surface area contributed by atoms with Gasteiger partial charge < -0.3 is 26.3 Å². The van der Waals surface area contributed by atoms with Gasteiger partial charge in [0.15, 0.2) is 20.6 Å². The molecular formula is C26H41N7O6S. The lowest BCUT2D eigenvalue weighted by molar-refractivity contribution is -0.135. The Kier molecular flexibility index (Phi) is 11.2. The number of fused-ring (bicyclic) bond motifs is 1. The van der Waals surface area contributed by atoms with Crippen molar-refractivity contribution >= 4 is 44.5 Å². The summed E-state index contributed by atoms with van der Waals surface area (Å²) in [5.74, 6) is -1.20. The maximum atomic E-state index is 13.2. The van der Waals surface area contributed by atoms with Crippen LogP contribution in [0.2, 0.25) is 0 Å². The SMILES string of the molecule is CC(C)[C@H](NC(=O)CCCn1ccc2c(S(C)(=O)=O)ncnc21)C(=O)N[C@@H](CCCNC(N)=O)C(=O)C(C)(C)C. The minimum absolute atomic E-state index is 0.0489. The van der Waals surface area contributed by atoms with Crippen LogP contribution in [0.4, 0.5) is 4.79 Å². The van der Waals surface area contributed by atoms with Gasteiger partial charge in [-0.15, -0.1) is 0 Å². The molecule has 222 valence electrons. The standard InChI is InChI=1S/C26H41N7O6S/c1-16(2)20(23(36)31-18(21(35)26(3,4)5)9-7-12-28-25(27)37)32-19(34)10-8-13-33-14-11-17-22(33)29-15-30-24(17)40(6,38)39/h11,14-16,18,20H,7-10,12-13H2,1-6H3,(H,31,36)(H,32,34)(H3,27,28,37)/t18-,20-/m0/s1. The minimum atomic E-state index is -3.52. The van der Waals surface area contributed by atoms with Crippen molar-refractivity contribution in [3.8, 4) is 0 Å². The largest absolute Gasteiger partial charge is 0.352 e. The topological polar surface area (TPSA) is 195 Å². The fourth-order valence-electron chi connectivity index (χ4n) is 4.22. The van der Waals surface area contributed by atoms with Crippen molar-refractivity contribution in [3.05, 3.63) is 18.6 Å². The van der Waals surface area contributed by atoms with E-state index in [1.807, 2.05) is 0 Å². The summed E-state index contributed by atoms with van der Waals surface area (Å²) in [6, 6.07) is -0.683. The van der Waals surface area contributed by atoms with Crippen molar-refractivity contribution in [1.29, 1.82) is 0 Å². The number of nitrogens with zero attached hydrogens (tertiary/aromatic N) is 3. The summed E-state index contributed by atoms with van der Waals surface area (Å²) >= 11 is 0. The lowest BCUT2D eigenvalue weighted by atomic mass is 9.84. The molecule has 2 aromatic rings. The first-order chi connectivity index (χ1) is 18.5. The first-order valence-corrected chi connectivity index (χ1v) is 15.1. The third-order valence-electron chi connectivity index (χ3n) is 6.28. The van der Waals surface area contributed by atoms with Gasteiger partial charge in [-0.05, 0) is 31.2 Å². The number of aryl methyl sites for hydroxylation is 1. The van der Waals surface area contributed by atoms with Crippen molar-refractivity contribution in [2.75, 3.05) is 12.8 Å². The van der Waals surface area contributed by atoms with Crippen LogP contribution in [0.1, 0.15) is 60.3 Å². The highest BCUT2D eigenvalue weighted by molar-refractivity contribution is 7.90. The highest BCUT2D eigenvalue weighted by atomic mass is 32.2. The van der Waals surface area contributed by atoms with E-state index in [9.17, 15) is 27.6 Å². The second kappa shape index (κ2) is 13.7. The first-order valence-electron chi connectivity index (χ1n) is 13.2. The second-order valence-corrected chi connectivity index (χ2v) is 13.1. The van der Waals surface area contributed by atoms with Gasteiger partial charge in [0.1, 0.15) is 18.0 Å². The lowest BCUT2D eigenvalue weighted by Crippen LogP contribution is -2.55. The van der Waals surface area contributed by atoms with Crippen LogP contribution in [0.5, 0.6) is 0 Å². The summed E-state index contributed by atoms with van der Waals surface area (Å²) < 4.78 is 25.7. The van der Waals surface area contributed by atoms with E-state index in [1.54, 1.807) is 51.4 Å². The number of hydrogen-bond donors (Lipinski definition) is 4. The van der Waals surface area contributed by atoms with Crippen molar-refractivity contribution < 1.29 is 27.6 Å². The first kappa shape index (κ1) is 32.7. The fraction of sp³-hybridized carbons (Fsp3) is 0.615. The monoisotopic (exact) mass is 579 g/mol. The number of Topliss-reactive ketones (excluding diaryl/α,β-unsaturated/α-hetero) is 1. The van der Waals surface area contributed by atoms with Gasteiger partial charge in [0.2, 0.25) is 11.8 Å². The van der Waals surface area contributed by atoms with Gasteiger partial charge in [0, 0.05) is 37.4 Å². The Labute approximate surface area is 235 Å². The molecule has 0 spiro atoms. The zero-order valence-corrected chi connectivity index (χ0v) is 24.8. The number of ketones is 1. The molecule has 0 saturated carbocycles. The zero-order chi connectivity index (χ0) is 30.3. The number of hydrogen-bond acceptors (Lipinski definition) is 8. The number of carbonyl (C=O) groups excluding carboxylic acids is 4. The molecule has 0 aliphatic carbocycles. The van der Waals surface area contributed by atoms with E-state index in [2.05, 4.69) is 25.9 Å². The molecule has 0 saturated heterocycles. The number of amides is 4. The number of urea groups is 1. The summed E-state index contributed by atoms with van der Waals surface area (Å²) in [5.41, 5.74) is 4.84. The normalized spacial score (nSPS) is 13.6. The quantitative estimate of drug-likeness (QED) is 0.190. The molecule has 0 aliphatic rings. The van der Waals surface area contributed by atoms with Gasteiger partial charge in [-0.1, -0.05) is 34.6 Å². The Bertz CT molecular complexity index is 1330. The smallest absolute Gasteiger partial charge is 0.312 e. The summed E-state index contributed by atoms with van der Waals surface area (Å²) in [5, 5.41) is 8.41. The van der Waals surface area contributed by atoms with Crippen molar-refractivity contribution in [1.82, 2.24) is 30.5 Å². The van der Waals surface area contributed by atoms with Gasteiger partial charge in [0.25, 0.3) is 0 Å². The Morgan fingerprint density at radius 3 is 2.33 bits per heavy atom. The van der Waals surface area contributed by atoms with E-state index in [1.165, 1.54) is 6.33 Å². The number of nitrogens with two attached hydrogens (primary N) is 1. The van der Waals surface area contributed by atoms with Crippen molar-refractivity contribution in [3.63, 3.8) is 0 Å². The Morgan fingerprint density at radius 1 is 1.07 bits per heavy atom. The molecule has 0 radical (unpaired) electrons. The van der Waals surface area contributed by atoms with Gasteiger partial charge in [-0.2, -0.15) is 0 Å². The maximum absolute atomic E-state index is 13.2. The Morgan fingerprint density at radius 2 is 1.75 bits per heavy atom. The third kappa shape index (κ3) is 9.28. The van der Waals surface area contributed by atoms with Crippen LogP contribution in [-0.2, 0) is 30.8 Å². The average Bonchev–Trinajstić information content (AvgIpc) is 3.25. The van der Waals surface area contributed by atoms with E-state index in [4.69, 9.17) is 5.73 Å². The predicted octanol–water partition coefficient (Wildman–Crippen LogP) is 1.30. The predicted molar refractivity (Wildman–Crippen MR) is 150 cm³/mol. The number of primary amides is 1. The molecule has 2 atom stereocenters. The molecule has 5 N–H and O–H groups in total. The number of sulfone groups is 1. The van der Waals surface area contributed by atoms with Crippen LogP contribution in [0, 0.1) is 11.3 Å². The molecular weight excluding hydrogens is 538 g/mol. The zero-order valence-electron chi connectivity index (χ0n) is 24.0. The van der Waals surface area contributed by atoms with Crippen LogP contribution in [0.15, 0.2) is 23.6 Å². The van der Waals surface area contributed by atoms with E-state index in [0.717, 1.165) is 6.26 Å². The number of aromatic nitrogens is 3. The lowest BCUT2D eigenvalue weighted by Gasteiger charge is -2.28. The molecule has 2 rings (SSSR count). The fourth-order valence-corrected chi connectivity index (χ4v) is 5.02. The van der Waals surface area contributed by atoms with Gasteiger partial charge in [-0.25, -0.2) is 23.2 Å². The van der Waals surface area contributed by atoms with Crippen LogP contribution in [-0.4, -0.2) is 71.5 Å². The van der Waals surface area contributed by atoms with E-state index >= 15 is 0 Å². The average molecular weight is 580 g/mol. The molecule has 0 aromatic carbocycles. The summed E-state index contributed by atoms with van der Waals surface area (Å²) in [6.07, 6.45) is 5.23. The highest BCUT2D eigenvalue weighted by Gasteiger charge is 2.33.